The van der Waals surface area contributed by atoms with Gasteiger partial charge in [0.05, 0.1) is 6.54 Å². The molecule has 0 aromatic rings. The van der Waals surface area contributed by atoms with Crippen LogP contribution in [0.25, 0.3) is 0 Å². The number of carbonyl (C=O) groups is 1. The molecule has 0 saturated heterocycles. The minimum atomic E-state index is 0. The van der Waals surface area contributed by atoms with Gasteiger partial charge in [-0.2, -0.15) is 0 Å². The quantitative estimate of drug-likeness (QED) is 0.219. The summed E-state index contributed by atoms with van der Waals surface area (Å²) in [5, 5.41) is 9.49. The Balaban J connectivity index is 0.00000264. The maximum atomic E-state index is 11.5. The topological polar surface area (TPSA) is 68.8 Å². The SMILES string of the molecule is CCNC(=NCC(C)N(C)C1CC1)NCCNC(=O)C1CC1.I. The molecule has 1 unspecified atom stereocenters. The van der Waals surface area contributed by atoms with Gasteiger partial charge < -0.3 is 16.0 Å². The van der Waals surface area contributed by atoms with Crippen LogP contribution in [0.5, 0.6) is 0 Å². The molecule has 134 valence electrons. The summed E-state index contributed by atoms with van der Waals surface area (Å²) in [6, 6.07) is 1.22. The van der Waals surface area contributed by atoms with E-state index in [2.05, 4.69) is 46.7 Å². The van der Waals surface area contributed by atoms with Crippen molar-refractivity contribution in [2.45, 2.75) is 51.6 Å². The van der Waals surface area contributed by atoms with E-state index in [4.69, 9.17) is 0 Å². The third kappa shape index (κ3) is 7.69. The molecule has 0 aliphatic heterocycles. The van der Waals surface area contributed by atoms with Crippen LogP contribution >= 0.6 is 24.0 Å². The van der Waals surface area contributed by atoms with E-state index >= 15 is 0 Å². The summed E-state index contributed by atoms with van der Waals surface area (Å²) < 4.78 is 0. The molecule has 1 amide bonds. The van der Waals surface area contributed by atoms with Crippen molar-refractivity contribution in [3.63, 3.8) is 0 Å². The molecule has 3 N–H and O–H groups in total. The summed E-state index contributed by atoms with van der Waals surface area (Å²) in [6.07, 6.45) is 4.75. The number of nitrogens with one attached hydrogen (secondary N) is 3. The van der Waals surface area contributed by atoms with Crippen molar-refractivity contribution in [1.82, 2.24) is 20.9 Å². The molecule has 2 rings (SSSR count). The summed E-state index contributed by atoms with van der Waals surface area (Å²) in [7, 11) is 2.19. The predicted octanol–water partition coefficient (Wildman–Crippen LogP) is 1.17. The number of likely N-dealkylation sites (N-methyl/N-ethyl adjacent to an activating group) is 1. The van der Waals surface area contributed by atoms with Crippen LogP contribution in [-0.2, 0) is 4.79 Å². The monoisotopic (exact) mass is 437 g/mol. The molecule has 0 aromatic carbocycles. The summed E-state index contributed by atoms with van der Waals surface area (Å²) in [4.78, 5) is 18.6. The third-order valence-corrected chi connectivity index (χ3v) is 4.34. The summed E-state index contributed by atoms with van der Waals surface area (Å²) in [6.45, 7) is 7.27. The molecule has 2 saturated carbocycles. The first kappa shape index (κ1) is 20.5. The van der Waals surface area contributed by atoms with Crippen LogP contribution in [0.3, 0.4) is 0 Å². The normalized spacial score (nSPS) is 19.0. The second-order valence-corrected chi connectivity index (χ2v) is 6.46. The van der Waals surface area contributed by atoms with E-state index in [9.17, 15) is 4.79 Å². The molecule has 1 atom stereocenters. The molecule has 0 radical (unpaired) electrons. The van der Waals surface area contributed by atoms with Crippen LogP contribution in [0.15, 0.2) is 4.99 Å². The number of hydrogen-bond acceptors (Lipinski definition) is 3. The fourth-order valence-corrected chi connectivity index (χ4v) is 2.39. The average molecular weight is 437 g/mol. The molecule has 23 heavy (non-hydrogen) atoms. The minimum Gasteiger partial charge on any atom is -0.357 e. The van der Waals surface area contributed by atoms with E-state index in [0.29, 0.717) is 19.1 Å². The lowest BCUT2D eigenvalue weighted by Crippen LogP contribution is -2.42. The Bertz CT molecular complexity index is 396. The molecule has 7 heteroatoms. The van der Waals surface area contributed by atoms with Crippen molar-refractivity contribution in [2.24, 2.45) is 10.9 Å². The van der Waals surface area contributed by atoms with Crippen LogP contribution in [0.4, 0.5) is 0 Å². The van der Waals surface area contributed by atoms with Crippen molar-refractivity contribution in [3.05, 3.63) is 0 Å². The number of halogens is 1. The number of nitrogens with zero attached hydrogens (tertiary/aromatic N) is 2. The average Bonchev–Trinajstić information content (AvgIpc) is 3.39. The Morgan fingerprint density at radius 2 is 1.83 bits per heavy atom. The van der Waals surface area contributed by atoms with E-state index < -0.39 is 0 Å². The first-order valence-corrected chi connectivity index (χ1v) is 8.63. The van der Waals surface area contributed by atoms with Crippen LogP contribution < -0.4 is 16.0 Å². The Hall–Kier alpha value is -0.570. The maximum absolute atomic E-state index is 11.5. The minimum absolute atomic E-state index is 0. The van der Waals surface area contributed by atoms with Gasteiger partial charge in [0.1, 0.15) is 0 Å². The summed E-state index contributed by atoms with van der Waals surface area (Å²) in [5.74, 6) is 1.31. The number of amides is 1. The number of carbonyl (C=O) groups excluding carboxylic acids is 1. The third-order valence-electron chi connectivity index (χ3n) is 4.34. The summed E-state index contributed by atoms with van der Waals surface area (Å²) in [5.41, 5.74) is 0. The van der Waals surface area contributed by atoms with Crippen LogP contribution in [0.1, 0.15) is 39.5 Å². The van der Waals surface area contributed by atoms with Gasteiger partial charge in [-0.1, -0.05) is 0 Å². The highest BCUT2D eigenvalue weighted by atomic mass is 127. The van der Waals surface area contributed by atoms with Gasteiger partial charge in [0, 0.05) is 37.6 Å². The zero-order valence-corrected chi connectivity index (χ0v) is 16.9. The van der Waals surface area contributed by atoms with E-state index in [1.165, 1.54) is 12.8 Å². The fraction of sp³-hybridized carbons (Fsp3) is 0.875. The molecular formula is C16H32IN5O. The van der Waals surface area contributed by atoms with Gasteiger partial charge in [0.15, 0.2) is 5.96 Å². The summed E-state index contributed by atoms with van der Waals surface area (Å²) >= 11 is 0. The Kier molecular flexibility index (Phi) is 9.19. The van der Waals surface area contributed by atoms with Crippen LogP contribution in [0.2, 0.25) is 0 Å². The highest BCUT2D eigenvalue weighted by Gasteiger charge is 2.29. The van der Waals surface area contributed by atoms with E-state index in [1.54, 1.807) is 0 Å². The van der Waals surface area contributed by atoms with Crippen molar-refractivity contribution in [3.8, 4) is 0 Å². The lowest BCUT2D eigenvalue weighted by atomic mass is 10.3. The van der Waals surface area contributed by atoms with E-state index in [0.717, 1.165) is 37.9 Å². The van der Waals surface area contributed by atoms with Crippen molar-refractivity contribution >= 4 is 35.8 Å². The van der Waals surface area contributed by atoms with Crippen molar-refractivity contribution in [2.75, 3.05) is 33.2 Å². The molecule has 0 bridgehead atoms. The lowest BCUT2D eigenvalue weighted by molar-refractivity contribution is -0.122. The predicted molar refractivity (Wildman–Crippen MR) is 105 cm³/mol. The number of aliphatic imine (C=N–C) groups is 1. The Morgan fingerprint density at radius 3 is 2.39 bits per heavy atom. The van der Waals surface area contributed by atoms with Gasteiger partial charge in [0.2, 0.25) is 5.91 Å². The Morgan fingerprint density at radius 1 is 1.17 bits per heavy atom. The van der Waals surface area contributed by atoms with Gasteiger partial charge >= 0.3 is 0 Å². The van der Waals surface area contributed by atoms with Gasteiger partial charge in [-0.15, -0.1) is 24.0 Å². The van der Waals surface area contributed by atoms with Gasteiger partial charge in [0.25, 0.3) is 0 Å². The number of hydrogen-bond donors (Lipinski definition) is 3. The highest BCUT2D eigenvalue weighted by Crippen LogP contribution is 2.28. The molecule has 6 nitrogen and oxygen atoms in total. The van der Waals surface area contributed by atoms with Gasteiger partial charge in [-0.05, 0) is 46.6 Å². The molecule has 0 aromatic heterocycles. The van der Waals surface area contributed by atoms with Crippen LogP contribution in [-0.4, -0.2) is 62.1 Å². The standard InChI is InChI=1S/C16H31N5O.HI/c1-4-17-16(19-10-9-18-15(22)13-5-6-13)20-11-12(2)21(3)14-7-8-14;/h12-14H,4-11H2,1-3H3,(H,18,22)(H2,17,19,20);1H. The van der Waals surface area contributed by atoms with E-state index in [1.807, 2.05) is 0 Å². The second-order valence-electron chi connectivity index (χ2n) is 6.46. The van der Waals surface area contributed by atoms with Crippen LogP contribution in [0, 0.1) is 5.92 Å². The van der Waals surface area contributed by atoms with Crippen molar-refractivity contribution in [1.29, 1.82) is 0 Å². The largest absolute Gasteiger partial charge is 0.357 e. The molecule has 0 heterocycles. The zero-order valence-electron chi connectivity index (χ0n) is 14.6. The smallest absolute Gasteiger partial charge is 0.223 e. The molecule has 2 fully saturated rings. The second kappa shape index (κ2) is 10.3. The molecular weight excluding hydrogens is 405 g/mol. The zero-order chi connectivity index (χ0) is 15.9. The maximum Gasteiger partial charge on any atom is 0.223 e. The first-order valence-electron chi connectivity index (χ1n) is 8.63. The highest BCUT2D eigenvalue weighted by molar-refractivity contribution is 14.0. The number of guanidine groups is 1. The Labute approximate surface area is 157 Å². The lowest BCUT2D eigenvalue weighted by Gasteiger charge is -2.23. The number of rotatable bonds is 9. The first-order chi connectivity index (χ1) is 10.6. The molecule has 0 spiro atoms. The van der Waals surface area contributed by atoms with Crippen molar-refractivity contribution < 1.29 is 4.79 Å². The fourth-order valence-electron chi connectivity index (χ4n) is 2.39. The molecule has 2 aliphatic rings. The molecule has 2 aliphatic carbocycles. The van der Waals surface area contributed by atoms with Gasteiger partial charge in [-0.3, -0.25) is 14.7 Å². The van der Waals surface area contributed by atoms with E-state index in [-0.39, 0.29) is 35.8 Å². The van der Waals surface area contributed by atoms with Gasteiger partial charge in [-0.25, -0.2) is 0 Å².